The summed E-state index contributed by atoms with van der Waals surface area (Å²) >= 11 is 0. The third kappa shape index (κ3) is 5.38. The Hall–Kier alpha value is -1.74. The summed E-state index contributed by atoms with van der Waals surface area (Å²) in [6.45, 7) is 6.57. The number of ether oxygens (including phenoxy) is 1. The predicted octanol–water partition coefficient (Wildman–Crippen LogP) is 3.60. The molecule has 3 rings (SSSR count). The summed E-state index contributed by atoms with van der Waals surface area (Å²) in [5, 5.41) is 3.21. The Morgan fingerprint density at radius 2 is 2.19 bits per heavy atom. The van der Waals surface area contributed by atoms with Gasteiger partial charge in [0.05, 0.1) is 25.4 Å². The van der Waals surface area contributed by atoms with Crippen LogP contribution in [0.3, 0.4) is 0 Å². The van der Waals surface area contributed by atoms with Gasteiger partial charge >= 0.3 is 0 Å². The molecule has 0 radical (unpaired) electrons. The maximum atomic E-state index is 13.8. The van der Waals surface area contributed by atoms with Crippen LogP contribution in [0.5, 0.6) is 0 Å². The highest BCUT2D eigenvalue weighted by molar-refractivity contribution is 14.0. The number of hydrogen-bond acceptors (Lipinski definition) is 3. The van der Waals surface area contributed by atoms with Crippen LogP contribution in [0.2, 0.25) is 0 Å². The van der Waals surface area contributed by atoms with Crippen LogP contribution in [0.4, 0.5) is 4.39 Å². The van der Waals surface area contributed by atoms with Gasteiger partial charge in [0.2, 0.25) is 0 Å². The molecule has 0 bridgehead atoms. The average Bonchev–Trinajstić information content (AvgIpc) is 2.64. The largest absolute Gasteiger partial charge is 0.370 e. The minimum Gasteiger partial charge on any atom is -0.370 e. The number of nitrogens with one attached hydrogen (secondary N) is 1. The third-order valence-corrected chi connectivity index (χ3v) is 4.60. The molecule has 1 aliphatic rings. The van der Waals surface area contributed by atoms with Crippen LogP contribution in [0.1, 0.15) is 28.5 Å². The smallest absolute Gasteiger partial charge is 0.194 e. The first-order chi connectivity index (χ1) is 12.6. The molecule has 1 unspecified atom stereocenters. The summed E-state index contributed by atoms with van der Waals surface area (Å²) in [6, 6.07) is 9.43. The molecule has 0 aliphatic carbocycles. The molecule has 7 heteroatoms. The average molecular weight is 484 g/mol. The minimum absolute atomic E-state index is 0. The van der Waals surface area contributed by atoms with Crippen molar-refractivity contribution in [3.05, 3.63) is 64.7 Å². The normalized spacial score (nSPS) is 17.4. The van der Waals surface area contributed by atoms with Crippen molar-refractivity contribution < 1.29 is 9.13 Å². The van der Waals surface area contributed by atoms with E-state index in [2.05, 4.69) is 52.2 Å². The van der Waals surface area contributed by atoms with E-state index in [0.717, 1.165) is 12.5 Å². The molecule has 2 aromatic rings. The molecule has 1 aromatic carbocycles. The van der Waals surface area contributed by atoms with Gasteiger partial charge in [-0.3, -0.25) is 9.98 Å². The van der Waals surface area contributed by atoms with Crippen molar-refractivity contribution in [1.82, 2.24) is 15.2 Å². The van der Waals surface area contributed by atoms with Crippen LogP contribution in [-0.2, 0) is 11.3 Å². The maximum Gasteiger partial charge on any atom is 0.194 e. The minimum atomic E-state index is -0.314. The SMILES string of the molecule is CN=C(NCc1ncccc1F)N1CCOC(c2ccc(C)cc2C)C1.I. The number of hydrogen-bond donors (Lipinski definition) is 1. The summed E-state index contributed by atoms with van der Waals surface area (Å²) in [7, 11) is 1.73. The first-order valence-electron chi connectivity index (χ1n) is 8.82. The van der Waals surface area contributed by atoms with E-state index < -0.39 is 0 Å². The number of nitrogens with zero attached hydrogens (tertiary/aromatic N) is 3. The zero-order valence-corrected chi connectivity index (χ0v) is 18.2. The Balaban J connectivity index is 0.00000261. The topological polar surface area (TPSA) is 49.8 Å². The molecule has 0 saturated carbocycles. The molecule has 1 atom stereocenters. The second-order valence-electron chi connectivity index (χ2n) is 6.50. The van der Waals surface area contributed by atoms with Crippen LogP contribution in [0, 0.1) is 19.7 Å². The number of aryl methyl sites for hydroxylation is 2. The molecule has 27 heavy (non-hydrogen) atoms. The van der Waals surface area contributed by atoms with Crippen molar-refractivity contribution in [3.8, 4) is 0 Å². The standard InChI is InChI=1S/C20H25FN4O.HI/c1-14-6-7-16(15(2)11-14)19-13-25(9-10-26-19)20(22-3)24-12-18-17(21)5-4-8-23-18;/h4-8,11,19H,9-10,12-13H2,1-3H3,(H,22,24);1H. The highest BCUT2D eigenvalue weighted by Gasteiger charge is 2.25. The highest BCUT2D eigenvalue weighted by atomic mass is 127. The van der Waals surface area contributed by atoms with Crippen LogP contribution in [0.25, 0.3) is 0 Å². The lowest BCUT2D eigenvalue weighted by Gasteiger charge is -2.35. The summed E-state index contributed by atoms with van der Waals surface area (Å²) in [5.41, 5.74) is 4.06. The third-order valence-electron chi connectivity index (χ3n) is 4.60. The number of rotatable bonds is 3. The number of halogens is 2. The fourth-order valence-corrected chi connectivity index (χ4v) is 3.26. The van der Waals surface area contributed by atoms with Crippen molar-refractivity contribution in [3.63, 3.8) is 0 Å². The lowest BCUT2D eigenvalue weighted by Crippen LogP contribution is -2.48. The number of aromatic nitrogens is 1. The van der Waals surface area contributed by atoms with Gasteiger partial charge in [-0.05, 0) is 37.1 Å². The lowest BCUT2D eigenvalue weighted by molar-refractivity contribution is -0.00835. The fourth-order valence-electron chi connectivity index (χ4n) is 3.26. The Morgan fingerprint density at radius 1 is 1.37 bits per heavy atom. The summed E-state index contributed by atoms with van der Waals surface area (Å²) in [4.78, 5) is 10.6. The molecule has 146 valence electrons. The Labute approximate surface area is 177 Å². The number of pyridine rings is 1. The van der Waals surface area contributed by atoms with E-state index in [1.165, 1.54) is 22.8 Å². The molecule has 1 N–H and O–H groups in total. The van der Waals surface area contributed by atoms with E-state index in [-0.39, 0.29) is 35.9 Å². The summed E-state index contributed by atoms with van der Waals surface area (Å²) < 4.78 is 19.8. The Bertz CT molecular complexity index is 799. The van der Waals surface area contributed by atoms with Crippen molar-refractivity contribution in [1.29, 1.82) is 0 Å². The van der Waals surface area contributed by atoms with Gasteiger partial charge in [0.25, 0.3) is 0 Å². The van der Waals surface area contributed by atoms with Crippen LogP contribution in [-0.4, -0.2) is 42.6 Å². The molecule has 0 spiro atoms. The van der Waals surface area contributed by atoms with Gasteiger partial charge in [0.15, 0.2) is 5.96 Å². The zero-order chi connectivity index (χ0) is 18.5. The van der Waals surface area contributed by atoms with Gasteiger partial charge in [-0.25, -0.2) is 4.39 Å². The molecule has 1 fully saturated rings. The fraction of sp³-hybridized carbons (Fsp3) is 0.400. The van der Waals surface area contributed by atoms with Crippen molar-refractivity contribution in [2.24, 2.45) is 4.99 Å². The first kappa shape index (κ1) is 21.6. The van der Waals surface area contributed by atoms with Gasteiger partial charge < -0.3 is 15.0 Å². The second-order valence-corrected chi connectivity index (χ2v) is 6.50. The van der Waals surface area contributed by atoms with E-state index in [1.54, 1.807) is 19.3 Å². The van der Waals surface area contributed by atoms with Crippen molar-refractivity contribution >= 4 is 29.9 Å². The van der Waals surface area contributed by atoms with Crippen molar-refractivity contribution in [2.75, 3.05) is 26.7 Å². The van der Waals surface area contributed by atoms with Gasteiger partial charge in [-0.15, -0.1) is 24.0 Å². The number of morpholine rings is 1. The summed E-state index contributed by atoms with van der Waals surface area (Å²) in [5.74, 6) is 0.415. The molecular formula is C20H26FIN4O. The van der Waals surface area contributed by atoms with Gasteiger partial charge in [-0.2, -0.15) is 0 Å². The van der Waals surface area contributed by atoms with Gasteiger partial charge in [0, 0.05) is 19.8 Å². The molecule has 2 heterocycles. The van der Waals surface area contributed by atoms with Crippen LogP contribution >= 0.6 is 24.0 Å². The van der Waals surface area contributed by atoms with Crippen molar-refractivity contribution in [2.45, 2.75) is 26.5 Å². The first-order valence-corrected chi connectivity index (χ1v) is 8.82. The van der Waals surface area contributed by atoms with E-state index in [4.69, 9.17) is 4.74 Å². The summed E-state index contributed by atoms with van der Waals surface area (Å²) in [6.07, 6.45) is 1.59. The molecule has 1 saturated heterocycles. The zero-order valence-electron chi connectivity index (χ0n) is 15.9. The maximum absolute atomic E-state index is 13.8. The van der Waals surface area contributed by atoms with E-state index in [9.17, 15) is 4.39 Å². The predicted molar refractivity (Wildman–Crippen MR) is 116 cm³/mol. The number of aliphatic imine (C=N–C) groups is 1. The number of benzene rings is 1. The van der Waals surface area contributed by atoms with Crippen LogP contribution in [0.15, 0.2) is 41.5 Å². The molecule has 5 nitrogen and oxygen atoms in total. The van der Waals surface area contributed by atoms with Gasteiger partial charge in [-0.1, -0.05) is 23.8 Å². The molecule has 1 aromatic heterocycles. The number of guanidine groups is 1. The van der Waals surface area contributed by atoms with Crippen LogP contribution < -0.4 is 5.32 Å². The highest BCUT2D eigenvalue weighted by Crippen LogP contribution is 2.25. The molecule has 1 aliphatic heterocycles. The van der Waals surface area contributed by atoms with E-state index in [1.807, 2.05) is 0 Å². The lowest BCUT2D eigenvalue weighted by atomic mass is 10.00. The van der Waals surface area contributed by atoms with E-state index in [0.29, 0.717) is 25.4 Å². The Kier molecular flexibility index (Phi) is 7.97. The second kappa shape index (κ2) is 9.98. The monoisotopic (exact) mass is 484 g/mol. The van der Waals surface area contributed by atoms with E-state index >= 15 is 0 Å². The molecule has 0 amide bonds. The molecular weight excluding hydrogens is 458 g/mol. The quantitative estimate of drug-likeness (QED) is 0.411. The Morgan fingerprint density at radius 3 is 2.89 bits per heavy atom. The van der Waals surface area contributed by atoms with Gasteiger partial charge in [0.1, 0.15) is 11.9 Å².